The predicted octanol–water partition coefficient (Wildman–Crippen LogP) is 4.59. The maximum Gasteiger partial charge on any atom is 0.337 e. The van der Waals surface area contributed by atoms with E-state index in [1.807, 2.05) is 0 Å². The lowest BCUT2D eigenvalue weighted by Gasteiger charge is -2.20. The molecule has 3 aliphatic rings. The molecule has 98 valence electrons. The van der Waals surface area contributed by atoms with Gasteiger partial charge in [-0.1, -0.05) is 54.6 Å². The summed E-state index contributed by atoms with van der Waals surface area (Å²) in [6.45, 7) is 0. The SMILES string of the molecule is O=C(O)C(Cl)Cl.c1cc(C2CCCCC2)c2cc1-2. The quantitative estimate of drug-likeness (QED) is 0.820. The van der Waals surface area contributed by atoms with E-state index >= 15 is 0 Å². The molecule has 0 heterocycles. The van der Waals surface area contributed by atoms with Crippen LogP contribution in [0.2, 0.25) is 0 Å². The van der Waals surface area contributed by atoms with Crippen LogP contribution in [0.25, 0.3) is 11.1 Å². The molecule has 0 radical (unpaired) electrons. The Bertz CT molecular complexity index is 437. The number of benzene rings is 1. The topological polar surface area (TPSA) is 37.3 Å². The number of hydrogen-bond donors (Lipinski definition) is 1. The largest absolute Gasteiger partial charge is 0.479 e. The lowest BCUT2D eigenvalue weighted by molar-refractivity contribution is -0.135. The van der Waals surface area contributed by atoms with Crippen molar-refractivity contribution in [3.63, 3.8) is 0 Å². The number of hydrogen-bond acceptors (Lipinski definition) is 1. The molecule has 0 unspecified atom stereocenters. The van der Waals surface area contributed by atoms with Crippen molar-refractivity contribution in [1.29, 1.82) is 0 Å². The zero-order valence-electron chi connectivity index (χ0n) is 10.0. The van der Waals surface area contributed by atoms with Crippen LogP contribution in [0, 0.1) is 0 Å². The molecule has 3 aliphatic carbocycles. The number of aliphatic carboxylic acids is 1. The fourth-order valence-electron chi connectivity index (χ4n) is 2.55. The summed E-state index contributed by atoms with van der Waals surface area (Å²) in [7, 11) is 0. The molecule has 0 aromatic heterocycles. The Hall–Kier alpha value is -0.730. The van der Waals surface area contributed by atoms with Gasteiger partial charge in [0.1, 0.15) is 0 Å². The number of rotatable bonds is 2. The summed E-state index contributed by atoms with van der Waals surface area (Å²) < 4.78 is 0. The maximum atomic E-state index is 9.44. The van der Waals surface area contributed by atoms with Gasteiger partial charge >= 0.3 is 5.97 Å². The average Bonchev–Trinajstić information content (AvgIpc) is 3.02. The van der Waals surface area contributed by atoms with E-state index in [0.29, 0.717) is 0 Å². The van der Waals surface area contributed by atoms with Crippen LogP contribution >= 0.6 is 23.2 Å². The smallest absolute Gasteiger partial charge is 0.337 e. The van der Waals surface area contributed by atoms with Crippen LogP contribution in [0.3, 0.4) is 0 Å². The predicted molar refractivity (Wildman–Crippen MR) is 74.4 cm³/mol. The zero-order valence-corrected chi connectivity index (χ0v) is 11.5. The number of alkyl halides is 2. The summed E-state index contributed by atoms with van der Waals surface area (Å²) in [6.07, 6.45) is 7.23. The molecule has 18 heavy (non-hydrogen) atoms. The van der Waals surface area contributed by atoms with E-state index in [1.165, 1.54) is 37.7 Å². The third-order valence-electron chi connectivity index (χ3n) is 3.51. The molecule has 0 bridgehead atoms. The van der Waals surface area contributed by atoms with Crippen molar-refractivity contribution in [1.82, 2.24) is 0 Å². The Morgan fingerprint density at radius 1 is 1.22 bits per heavy atom. The molecular weight excluding hydrogens is 271 g/mol. The van der Waals surface area contributed by atoms with Gasteiger partial charge in [0.2, 0.25) is 4.84 Å². The van der Waals surface area contributed by atoms with Gasteiger partial charge in [0.15, 0.2) is 0 Å². The first-order valence-electron chi connectivity index (χ1n) is 6.25. The first-order valence-corrected chi connectivity index (χ1v) is 7.12. The van der Waals surface area contributed by atoms with Gasteiger partial charge in [-0.05, 0) is 41.5 Å². The second-order valence-electron chi connectivity index (χ2n) is 4.78. The molecule has 0 aromatic rings. The summed E-state index contributed by atoms with van der Waals surface area (Å²) in [5, 5.41) is 7.73. The van der Waals surface area contributed by atoms with Crippen molar-refractivity contribution in [3.8, 4) is 11.1 Å². The first-order chi connectivity index (χ1) is 8.59. The van der Waals surface area contributed by atoms with Gasteiger partial charge in [-0.3, -0.25) is 0 Å². The molecule has 1 N–H and O–H groups in total. The molecular formula is C14H16Cl2O2. The summed E-state index contributed by atoms with van der Waals surface area (Å²) in [5.41, 5.74) is 4.75. The van der Waals surface area contributed by atoms with Crippen LogP contribution in [0.1, 0.15) is 43.6 Å². The maximum absolute atomic E-state index is 9.44. The summed E-state index contributed by atoms with van der Waals surface area (Å²) in [5.74, 6) is -0.306. The molecule has 1 fully saturated rings. The molecule has 4 heteroatoms. The van der Waals surface area contributed by atoms with Crippen LogP contribution in [-0.4, -0.2) is 15.9 Å². The van der Waals surface area contributed by atoms with Crippen molar-refractivity contribution in [3.05, 3.63) is 23.8 Å². The Morgan fingerprint density at radius 2 is 1.83 bits per heavy atom. The van der Waals surface area contributed by atoms with E-state index in [1.54, 1.807) is 11.1 Å². The summed E-state index contributed by atoms with van der Waals surface area (Å²) >= 11 is 9.56. The molecule has 1 saturated carbocycles. The summed E-state index contributed by atoms with van der Waals surface area (Å²) in [6, 6.07) is 6.95. The minimum Gasteiger partial charge on any atom is -0.479 e. The first kappa shape index (κ1) is 13.7. The fourth-order valence-corrected chi connectivity index (χ4v) is 2.55. The van der Waals surface area contributed by atoms with Gasteiger partial charge in [-0.25, -0.2) is 4.79 Å². The second-order valence-corrected chi connectivity index (χ2v) is 5.87. The van der Waals surface area contributed by atoms with Crippen molar-refractivity contribution < 1.29 is 9.90 Å². The molecule has 3 rings (SSSR count). The lowest BCUT2D eigenvalue weighted by Crippen LogP contribution is -2.03. The molecule has 0 saturated heterocycles. The number of carbonyl (C=O) groups is 1. The molecule has 0 aromatic carbocycles. The Balaban J connectivity index is 0.000000174. The highest BCUT2D eigenvalue weighted by Gasteiger charge is 2.24. The van der Waals surface area contributed by atoms with Gasteiger partial charge < -0.3 is 5.11 Å². The summed E-state index contributed by atoms with van der Waals surface area (Å²) in [4.78, 5) is 8.15. The molecule has 2 nitrogen and oxygen atoms in total. The van der Waals surface area contributed by atoms with Crippen LogP contribution < -0.4 is 0 Å². The number of fused-ring (bicyclic) bond motifs is 1. The lowest BCUT2D eigenvalue weighted by atomic mass is 9.84. The zero-order chi connectivity index (χ0) is 13.1. The van der Waals surface area contributed by atoms with Gasteiger partial charge in [0.05, 0.1) is 0 Å². The van der Waals surface area contributed by atoms with Gasteiger partial charge in [0, 0.05) is 0 Å². The van der Waals surface area contributed by atoms with Crippen molar-refractivity contribution in [2.24, 2.45) is 0 Å². The monoisotopic (exact) mass is 286 g/mol. The second kappa shape index (κ2) is 5.94. The van der Waals surface area contributed by atoms with Crippen LogP contribution in [0.15, 0.2) is 18.2 Å². The number of carboxylic acid groups (broad SMARTS) is 1. The number of carboxylic acids is 1. The Labute approximate surface area is 117 Å². The normalized spacial score (nSPS) is 17.1. The van der Waals surface area contributed by atoms with Gasteiger partial charge in [0.25, 0.3) is 0 Å². The van der Waals surface area contributed by atoms with Crippen LogP contribution in [0.5, 0.6) is 0 Å². The fraction of sp³-hybridized carbons (Fsp3) is 0.500. The minimum absolute atomic E-state index is 0.904. The van der Waals surface area contributed by atoms with Gasteiger partial charge in [-0.2, -0.15) is 0 Å². The highest BCUT2D eigenvalue weighted by molar-refractivity contribution is 6.52. The van der Waals surface area contributed by atoms with E-state index < -0.39 is 10.8 Å². The number of halogens is 2. The van der Waals surface area contributed by atoms with Crippen molar-refractivity contribution >= 4 is 29.2 Å². The van der Waals surface area contributed by atoms with E-state index in [0.717, 1.165) is 5.92 Å². The van der Waals surface area contributed by atoms with Crippen molar-refractivity contribution in [2.45, 2.75) is 42.9 Å². The van der Waals surface area contributed by atoms with Crippen LogP contribution in [0.4, 0.5) is 0 Å². The van der Waals surface area contributed by atoms with Crippen LogP contribution in [-0.2, 0) is 4.79 Å². The Kier molecular flexibility index (Phi) is 4.52. The average molecular weight is 287 g/mol. The highest BCUT2D eigenvalue weighted by atomic mass is 35.5. The van der Waals surface area contributed by atoms with Gasteiger partial charge in [-0.15, -0.1) is 0 Å². The molecule has 0 atom stereocenters. The highest BCUT2D eigenvalue weighted by Crippen LogP contribution is 2.45. The third kappa shape index (κ3) is 3.39. The van der Waals surface area contributed by atoms with E-state index in [4.69, 9.17) is 28.3 Å². The minimum atomic E-state index is -1.29. The van der Waals surface area contributed by atoms with E-state index in [9.17, 15) is 4.79 Å². The van der Waals surface area contributed by atoms with E-state index in [-0.39, 0.29) is 0 Å². The van der Waals surface area contributed by atoms with E-state index in [2.05, 4.69) is 18.2 Å². The van der Waals surface area contributed by atoms with Crippen molar-refractivity contribution in [2.75, 3.05) is 0 Å². The molecule has 0 spiro atoms. The Morgan fingerprint density at radius 3 is 2.22 bits per heavy atom. The molecule has 0 aliphatic heterocycles. The third-order valence-corrected chi connectivity index (χ3v) is 3.89. The molecule has 0 amide bonds. The standard InChI is InChI=1S/C12H14.C2H2Cl2O2/c1-2-4-9(5-3-1)11-7-6-10-8-12(10)11;3-1(4)2(5)6/h6-9H,1-5H2;1H,(H,5,6).